The van der Waals surface area contributed by atoms with Crippen LogP contribution in [0.2, 0.25) is 0 Å². The van der Waals surface area contributed by atoms with Crippen molar-refractivity contribution in [1.29, 1.82) is 0 Å². The molecule has 0 radical (unpaired) electrons. The van der Waals surface area contributed by atoms with Gasteiger partial charge in [0.25, 0.3) is 0 Å². The first kappa shape index (κ1) is 21.9. The molecule has 1 unspecified atom stereocenters. The quantitative estimate of drug-likeness (QED) is 0.718. The van der Waals surface area contributed by atoms with E-state index in [1.165, 1.54) is 0 Å². The third kappa shape index (κ3) is 5.31. The number of piperidine rings is 1. The number of fused-ring (bicyclic) bond motifs is 1. The zero-order valence-corrected chi connectivity index (χ0v) is 19.2. The molecule has 4 rings (SSSR count). The molecule has 0 N–H and O–H groups in total. The second-order valence-electron chi connectivity index (χ2n) is 9.30. The lowest BCUT2D eigenvalue weighted by Gasteiger charge is -2.34. The Labute approximate surface area is 185 Å². The van der Waals surface area contributed by atoms with Gasteiger partial charge < -0.3 is 24.2 Å². The summed E-state index contributed by atoms with van der Waals surface area (Å²) in [6, 6.07) is 12.7. The van der Waals surface area contributed by atoms with E-state index in [0.29, 0.717) is 11.8 Å². The van der Waals surface area contributed by atoms with Crippen molar-refractivity contribution in [2.45, 2.75) is 51.3 Å². The molecule has 2 aliphatic rings. The highest BCUT2D eigenvalue weighted by Gasteiger charge is 2.27. The van der Waals surface area contributed by atoms with E-state index in [-0.39, 0.29) is 18.2 Å². The Morgan fingerprint density at radius 2 is 1.65 bits per heavy atom. The van der Waals surface area contributed by atoms with Crippen LogP contribution in [-0.4, -0.2) is 79.3 Å². The molecule has 6 nitrogen and oxygen atoms in total. The zero-order valence-electron chi connectivity index (χ0n) is 19.2. The highest BCUT2D eigenvalue weighted by molar-refractivity contribution is 5.86. The number of hydrogen-bond donors (Lipinski definition) is 0. The summed E-state index contributed by atoms with van der Waals surface area (Å²) >= 11 is 0. The molecule has 0 saturated carbocycles. The first-order valence-corrected chi connectivity index (χ1v) is 11.5. The first-order chi connectivity index (χ1) is 14.9. The van der Waals surface area contributed by atoms with Crippen molar-refractivity contribution < 1.29 is 14.3 Å². The molecule has 0 aliphatic carbocycles. The number of nitrogens with zero attached hydrogens (tertiary/aromatic N) is 3. The van der Waals surface area contributed by atoms with Crippen molar-refractivity contribution in [2.24, 2.45) is 0 Å². The Hall–Kier alpha value is -2.31. The number of likely N-dealkylation sites (tertiary alicyclic amines) is 2. The number of hydrogen-bond acceptors (Lipinski definition) is 5. The maximum Gasteiger partial charge on any atom is 0.415 e. The van der Waals surface area contributed by atoms with Crippen molar-refractivity contribution in [3.63, 3.8) is 0 Å². The smallest absolute Gasteiger partial charge is 0.415 e. The normalized spacial score (nSPS) is 21.0. The van der Waals surface area contributed by atoms with Gasteiger partial charge in [-0.15, -0.1) is 0 Å². The maximum absolute atomic E-state index is 12.5. The van der Waals surface area contributed by atoms with E-state index < -0.39 is 0 Å². The van der Waals surface area contributed by atoms with E-state index in [1.807, 2.05) is 37.4 Å². The van der Waals surface area contributed by atoms with E-state index in [1.54, 1.807) is 4.90 Å². The lowest BCUT2D eigenvalue weighted by molar-refractivity contribution is 0.0844. The third-order valence-corrected chi connectivity index (χ3v) is 6.70. The van der Waals surface area contributed by atoms with Gasteiger partial charge in [-0.25, -0.2) is 4.79 Å². The summed E-state index contributed by atoms with van der Waals surface area (Å²) in [7, 11) is 3.90. The Bertz CT molecular complexity index is 908. The highest BCUT2D eigenvalue weighted by atomic mass is 16.6. The van der Waals surface area contributed by atoms with Crippen LogP contribution >= 0.6 is 0 Å². The van der Waals surface area contributed by atoms with Gasteiger partial charge in [-0.1, -0.05) is 12.1 Å². The monoisotopic (exact) mass is 425 g/mol. The van der Waals surface area contributed by atoms with E-state index in [4.69, 9.17) is 9.47 Å². The Morgan fingerprint density at radius 1 is 1.00 bits per heavy atom. The predicted octanol–water partition coefficient (Wildman–Crippen LogP) is 4.23. The van der Waals surface area contributed by atoms with Crippen LogP contribution in [0.15, 0.2) is 36.4 Å². The van der Waals surface area contributed by atoms with E-state index in [2.05, 4.69) is 36.8 Å². The molecule has 0 bridgehead atoms. The van der Waals surface area contributed by atoms with Crippen LogP contribution < -0.4 is 9.47 Å². The summed E-state index contributed by atoms with van der Waals surface area (Å²) in [6.07, 6.45) is 3.09. The van der Waals surface area contributed by atoms with Crippen molar-refractivity contribution >= 4 is 16.9 Å². The fraction of sp³-hybridized carbons (Fsp3) is 0.560. The first-order valence-electron chi connectivity index (χ1n) is 11.5. The standard InChI is InChI=1S/C25H35N3O3/c1-18(2)28-13-10-22(11-14-28)30-23-7-5-20-16-24(8-6-19(20)15-23)31-25(29)27(4)21-9-12-26(3)17-21/h5-8,15-16,18,21-22H,9-14,17H2,1-4H3. The summed E-state index contributed by atoms with van der Waals surface area (Å²) < 4.78 is 11.9. The van der Waals surface area contributed by atoms with Gasteiger partial charge in [-0.3, -0.25) is 0 Å². The predicted molar refractivity (Wildman–Crippen MR) is 124 cm³/mol. The van der Waals surface area contributed by atoms with Crippen LogP contribution in [0.5, 0.6) is 11.5 Å². The number of benzene rings is 2. The zero-order chi connectivity index (χ0) is 22.0. The van der Waals surface area contributed by atoms with Crippen LogP contribution in [0.1, 0.15) is 33.1 Å². The number of amides is 1. The second-order valence-corrected chi connectivity index (χ2v) is 9.30. The van der Waals surface area contributed by atoms with Gasteiger partial charge in [-0.05, 0) is 81.7 Å². The molecular weight excluding hydrogens is 390 g/mol. The second kappa shape index (κ2) is 9.45. The topological polar surface area (TPSA) is 45.3 Å². The van der Waals surface area contributed by atoms with Gasteiger partial charge >= 0.3 is 6.09 Å². The van der Waals surface area contributed by atoms with E-state index in [9.17, 15) is 4.79 Å². The number of carbonyl (C=O) groups excluding carboxylic acids is 1. The molecule has 2 heterocycles. The minimum atomic E-state index is -0.299. The van der Waals surface area contributed by atoms with Gasteiger partial charge in [-0.2, -0.15) is 0 Å². The van der Waals surface area contributed by atoms with Crippen LogP contribution in [0.25, 0.3) is 10.8 Å². The highest BCUT2D eigenvalue weighted by Crippen LogP contribution is 2.27. The van der Waals surface area contributed by atoms with Gasteiger partial charge in [0.05, 0.1) is 0 Å². The lowest BCUT2D eigenvalue weighted by Crippen LogP contribution is -2.41. The molecule has 2 fully saturated rings. The van der Waals surface area contributed by atoms with Gasteiger partial charge in [0, 0.05) is 38.8 Å². The summed E-state index contributed by atoms with van der Waals surface area (Å²) in [5.74, 6) is 1.48. The molecule has 31 heavy (non-hydrogen) atoms. The van der Waals surface area contributed by atoms with Crippen LogP contribution in [0.4, 0.5) is 4.79 Å². The number of rotatable bonds is 5. The maximum atomic E-state index is 12.5. The molecule has 168 valence electrons. The van der Waals surface area contributed by atoms with Gasteiger partial charge in [0.2, 0.25) is 0 Å². The van der Waals surface area contributed by atoms with Crippen molar-refractivity contribution in [2.75, 3.05) is 40.3 Å². The minimum Gasteiger partial charge on any atom is -0.490 e. The fourth-order valence-corrected chi connectivity index (χ4v) is 4.59. The number of carbonyl (C=O) groups is 1. The molecule has 6 heteroatoms. The SMILES string of the molecule is CC(C)N1CCC(Oc2ccc3cc(OC(=O)N(C)C4CCN(C)C4)ccc3c2)CC1. The summed E-state index contributed by atoms with van der Waals surface area (Å²) in [4.78, 5) is 19.0. The van der Waals surface area contributed by atoms with Crippen LogP contribution in [-0.2, 0) is 0 Å². The molecule has 0 spiro atoms. The third-order valence-electron chi connectivity index (χ3n) is 6.70. The summed E-state index contributed by atoms with van der Waals surface area (Å²) in [5, 5.41) is 2.12. The van der Waals surface area contributed by atoms with Crippen molar-refractivity contribution in [3.8, 4) is 11.5 Å². The largest absolute Gasteiger partial charge is 0.490 e. The van der Waals surface area contributed by atoms with Crippen LogP contribution in [0.3, 0.4) is 0 Å². The van der Waals surface area contributed by atoms with Gasteiger partial charge in [0.15, 0.2) is 0 Å². The molecule has 2 aliphatic heterocycles. The average Bonchev–Trinajstić information content (AvgIpc) is 3.20. The Morgan fingerprint density at radius 3 is 2.26 bits per heavy atom. The van der Waals surface area contributed by atoms with Crippen molar-refractivity contribution in [3.05, 3.63) is 36.4 Å². The minimum absolute atomic E-state index is 0.213. The van der Waals surface area contributed by atoms with E-state index >= 15 is 0 Å². The van der Waals surface area contributed by atoms with Crippen molar-refractivity contribution in [1.82, 2.24) is 14.7 Å². The summed E-state index contributed by atoms with van der Waals surface area (Å²) in [6.45, 7) is 8.59. The molecule has 2 aromatic rings. The molecule has 1 atom stereocenters. The molecule has 1 amide bonds. The number of ether oxygens (including phenoxy) is 2. The Kier molecular flexibility index (Phi) is 6.68. The molecule has 2 aromatic carbocycles. The van der Waals surface area contributed by atoms with Crippen LogP contribution in [0, 0.1) is 0 Å². The lowest BCUT2D eigenvalue weighted by atomic mass is 10.1. The van der Waals surface area contributed by atoms with Gasteiger partial charge in [0.1, 0.15) is 17.6 Å². The summed E-state index contributed by atoms with van der Waals surface area (Å²) in [5.41, 5.74) is 0. The van der Waals surface area contributed by atoms with E-state index in [0.717, 1.165) is 62.0 Å². The Balaban J connectivity index is 1.36. The average molecular weight is 426 g/mol. The molecule has 2 saturated heterocycles. The molecular formula is C25H35N3O3. The fourth-order valence-electron chi connectivity index (χ4n) is 4.59. The number of likely N-dealkylation sites (N-methyl/N-ethyl adjacent to an activating group) is 2. The molecule has 0 aromatic heterocycles.